The van der Waals surface area contributed by atoms with Crippen LogP contribution in [0.25, 0.3) is 0 Å². The summed E-state index contributed by atoms with van der Waals surface area (Å²) in [5, 5.41) is 1.48. The van der Waals surface area contributed by atoms with Gasteiger partial charge in [0.05, 0.1) is 11.6 Å². The van der Waals surface area contributed by atoms with Gasteiger partial charge in [0.1, 0.15) is 5.75 Å². The predicted octanol–water partition coefficient (Wildman–Crippen LogP) is 3.74. The Labute approximate surface area is 93.0 Å². The van der Waals surface area contributed by atoms with Gasteiger partial charge in [0.2, 0.25) is 0 Å². The quantitative estimate of drug-likeness (QED) is 0.658. The third kappa shape index (κ3) is 1.03. The molecule has 1 nitrogen and oxygen atoms in total. The van der Waals surface area contributed by atoms with Gasteiger partial charge in [0.15, 0.2) is 0 Å². The average Bonchev–Trinajstić information content (AvgIpc) is 2.84. The zero-order valence-electron chi connectivity index (χ0n) is 7.76. The summed E-state index contributed by atoms with van der Waals surface area (Å²) in [7, 11) is 0. The van der Waals surface area contributed by atoms with Gasteiger partial charge in [-0.2, -0.15) is 0 Å². The minimum Gasteiger partial charge on any atom is -0.491 e. The molecule has 0 bridgehead atoms. The normalized spacial score (nSPS) is 32.9. The monoisotopic (exact) mass is 228 g/mol. The Morgan fingerprint density at radius 2 is 2.00 bits per heavy atom. The van der Waals surface area contributed by atoms with Crippen LogP contribution in [0, 0.1) is 11.8 Å². The van der Waals surface area contributed by atoms with Gasteiger partial charge < -0.3 is 4.74 Å². The average molecular weight is 229 g/mol. The molecule has 2 aliphatic rings. The smallest absolute Gasteiger partial charge is 0.142 e. The zero-order chi connectivity index (χ0) is 9.87. The van der Waals surface area contributed by atoms with Gasteiger partial charge in [0.25, 0.3) is 0 Å². The minimum atomic E-state index is 0.574. The van der Waals surface area contributed by atoms with Crippen LogP contribution in [-0.2, 0) is 0 Å². The largest absolute Gasteiger partial charge is 0.491 e. The van der Waals surface area contributed by atoms with E-state index in [1.54, 1.807) is 6.07 Å². The van der Waals surface area contributed by atoms with Crippen molar-refractivity contribution in [2.24, 2.45) is 11.8 Å². The molecule has 1 aliphatic carbocycles. The molecule has 1 aromatic carbocycles. The fraction of sp³-hybridized carbons (Fsp3) is 0.455. The van der Waals surface area contributed by atoms with Gasteiger partial charge in [-0.15, -0.1) is 0 Å². The Morgan fingerprint density at radius 3 is 2.79 bits per heavy atom. The van der Waals surface area contributed by atoms with Crippen LogP contribution in [0.15, 0.2) is 12.1 Å². The van der Waals surface area contributed by atoms with Crippen molar-refractivity contribution in [3.8, 4) is 5.75 Å². The van der Waals surface area contributed by atoms with Gasteiger partial charge in [-0.3, -0.25) is 0 Å². The molecular weight excluding hydrogens is 219 g/mol. The molecule has 1 saturated carbocycles. The van der Waals surface area contributed by atoms with Crippen molar-refractivity contribution in [1.82, 2.24) is 0 Å². The number of hydrogen-bond acceptors (Lipinski definition) is 1. The SMILES string of the molecule is C[C@@H]1[C@@H]2COc3c(Cl)ccc(Cl)c3[C@H]12. The highest BCUT2D eigenvalue weighted by atomic mass is 35.5. The molecule has 74 valence electrons. The molecule has 0 saturated heterocycles. The highest BCUT2D eigenvalue weighted by Gasteiger charge is 2.52. The number of halogens is 2. The summed E-state index contributed by atoms with van der Waals surface area (Å²) >= 11 is 12.2. The lowest BCUT2D eigenvalue weighted by molar-refractivity contribution is 0.276. The fourth-order valence-corrected chi connectivity index (χ4v) is 2.96. The van der Waals surface area contributed by atoms with E-state index in [2.05, 4.69) is 6.92 Å². The summed E-state index contributed by atoms with van der Waals surface area (Å²) in [6.07, 6.45) is 0. The lowest BCUT2D eigenvalue weighted by Crippen LogP contribution is -2.09. The predicted molar refractivity (Wildman–Crippen MR) is 57.4 cm³/mol. The van der Waals surface area contributed by atoms with E-state index in [4.69, 9.17) is 27.9 Å². The molecule has 1 aliphatic heterocycles. The summed E-state index contributed by atoms with van der Waals surface area (Å²) in [6.45, 7) is 3.03. The minimum absolute atomic E-state index is 0.574. The summed E-state index contributed by atoms with van der Waals surface area (Å²) in [5.74, 6) is 2.72. The highest BCUT2D eigenvalue weighted by Crippen LogP contribution is 2.61. The molecule has 0 unspecified atom stereocenters. The number of hydrogen-bond donors (Lipinski definition) is 0. The molecule has 0 amide bonds. The van der Waals surface area contributed by atoms with Crippen LogP contribution in [-0.4, -0.2) is 6.61 Å². The van der Waals surface area contributed by atoms with Crippen molar-refractivity contribution in [3.63, 3.8) is 0 Å². The van der Waals surface area contributed by atoms with Gasteiger partial charge in [-0.1, -0.05) is 30.1 Å². The number of ether oxygens (including phenoxy) is 1. The van der Waals surface area contributed by atoms with Crippen molar-refractivity contribution in [2.45, 2.75) is 12.8 Å². The number of benzene rings is 1. The molecule has 3 heteroatoms. The molecule has 14 heavy (non-hydrogen) atoms. The van der Waals surface area contributed by atoms with E-state index in [0.29, 0.717) is 22.8 Å². The van der Waals surface area contributed by atoms with Gasteiger partial charge in [-0.05, 0) is 24.0 Å². The number of fused-ring (bicyclic) bond motifs is 3. The van der Waals surface area contributed by atoms with E-state index in [-0.39, 0.29) is 0 Å². The van der Waals surface area contributed by atoms with Crippen LogP contribution in [0.2, 0.25) is 10.0 Å². The lowest BCUT2D eigenvalue weighted by Gasteiger charge is -2.18. The molecule has 0 N–H and O–H groups in total. The standard InChI is InChI=1S/C11H10Cl2O/c1-5-6-4-14-11-8(13)3-2-7(12)10(11)9(5)6/h2-3,5-6,9H,4H2,1H3/t5-,6+,9-/m1/s1. The van der Waals surface area contributed by atoms with Crippen molar-refractivity contribution in [2.75, 3.05) is 6.61 Å². The maximum absolute atomic E-state index is 6.16. The molecule has 3 atom stereocenters. The zero-order valence-corrected chi connectivity index (χ0v) is 9.27. The Hall–Kier alpha value is -0.400. The second-order valence-electron chi connectivity index (χ2n) is 4.13. The molecule has 0 spiro atoms. The van der Waals surface area contributed by atoms with Gasteiger partial charge in [0, 0.05) is 16.5 Å². The lowest BCUT2D eigenvalue weighted by atomic mass is 10.1. The molecule has 1 heterocycles. The third-order valence-electron chi connectivity index (χ3n) is 3.41. The molecule has 1 fully saturated rings. The Morgan fingerprint density at radius 1 is 1.29 bits per heavy atom. The van der Waals surface area contributed by atoms with E-state index < -0.39 is 0 Å². The van der Waals surface area contributed by atoms with Gasteiger partial charge >= 0.3 is 0 Å². The first-order chi connectivity index (χ1) is 6.70. The van der Waals surface area contributed by atoms with Crippen LogP contribution < -0.4 is 4.74 Å². The van der Waals surface area contributed by atoms with Crippen LogP contribution >= 0.6 is 23.2 Å². The molecular formula is C11H10Cl2O. The second-order valence-corrected chi connectivity index (χ2v) is 4.95. The Balaban J connectivity index is 2.19. The second kappa shape index (κ2) is 2.80. The van der Waals surface area contributed by atoms with E-state index in [1.165, 1.54) is 0 Å². The Bertz CT molecular complexity index is 403. The van der Waals surface area contributed by atoms with E-state index in [9.17, 15) is 0 Å². The summed E-state index contributed by atoms with van der Waals surface area (Å²) in [5.41, 5.74) is 1.13. The Kier molecular flexibility index (Phi) is 1.78. The first-order valence-electron chi connectivity index (χ1n) is 4.81. The highest BCUT2D eigenvalue weighted by molar-refractivity contribution is 6.35. The summed E-state index contributed by atoms with van der Waals surface area (Å²) in [4.78, 5) is 0. The molecule has 0 aromatic heterocycles. The fourth-order valence-electron chi connectivity index (χ4n) is 2.46. The van der Waals surface area contributed by atoms with Gasteiger partial charge in [-0.25, -0.2) is 0 Å². The maximum atomic E-state index is 6.16. The van der Waals surface area contributed by atoms with Crippen molar-refractivity contribution >= 4 is 23.2 Å². The first kappa shape index (κ1) is 8.87. The number of rotatable bonds is 0. The van der Waals surface area contributed by atoms with E-state index in [0.717, 1.165) is 22.9 Å². The summed E-state index contributed by atoms with van der Waals surface area (Å²) < 4.78 is 5.64. The topological polar surface area (TPSA) is 9.23 Å². The molecule has 1 aromatic rings. The van der Waals surface area contributed by atoms with Crippen LogP contribution in [0.4, 0.5) is 0 Å². The molecule has 3 rings (SSSR count). The third-order valence-corrected chi connectivity index (χ3v) is 4.04. The van der Waals surface area contributed by atoms with E-state index >= 15 is 0 Å². The van der Waals surface area contributed by atoms with Crippen LogP contribution in [0.1, 0.15) is 18.4 Å². The van der Waals surface area contributed by atoms with E-state index in [1.807, 2.05) is 6.07 Å². The van der Waals surface area contributed by atoms with Crippen molar-refractivity contribution in [3.05, 3.63) is 27.7 Å². The molecule has 0 radical (unpaired) electrons. The van der Waals surface area contributed by atoms with Crippen molar-refractivity contribution in [1.29, 1.82) is 0 Å². The maximum Gasteiger partial charge on any atom is 0.142 e. The summed E-state index contributed by atoms with van der Waals surface area (Å²) in [6, 6.07) is 3.66. The van der Waals surface area contributed by atoms with Crippen molar-refractivity contribution < 1.29 is 4.74 Å². The first-order valence-corrected chi connectivity index (χ1v) is 5.56. The van der Waals surface area contributed by atoms with Crippen LogP contribution in [0.3, 0.4) is 0 Å². The van der Waals surface area contributed by atoms with Crippen LogP contribution in [0.5, 0.6) is 5.75 Å².